The van der Waals surface area contributed by atoms with Gasteiger partial charge in [-0.2, -0.15) is 0 Å². The highest BCUT2D eigenvalue weighted by Gasteiger charge is 2.10. The third-order valence-electron chi connectivity index (χ3n) is 3.02. The van der Waals surface area contributed by atoms with Crippen LogP contribution in [-0.4, -0.2) is 23.5 Å². The van der Waals surface area contributed by atoms with E-state index >= 15 is 0 Å². The van der Waals surface area contributed by atoms with Gasteiger partial charge in [0.25, 0.3) is 0 Å². The summed E-state index contributed by atoms with van der Waals surface area (Å²) >= 11 is 13.4. The van der Waals surface area contributed by atoms with E-state index in [1.165, 1.54) is 11.3 Å². The van der Waals surface area contributed by atoms with Crippen molar-refractivity contribution in [1.82, 2.24) is 10.2 Å². The van der Waals surface area contributed by atoms with E-state index in [2.05, 4.69) is 15.2 Å². The number of nitrogens with zero attached hydrogens (tertiary/aromatic N) is 3. The Labute approximate surface area is 147 Å². The monoisotopic (exact) mass is 363 g/mol. The Hall–Kier alpha value is -1.95. The summed E-state index contributed by atoms with van der Waals surface area (Å²) < 4.78 is 5.12. The van der Waals surface area contributed by atoms with Crippen molar-refractivity contribution in [1.29, 1.82) is 0 Å². The SMILES string of the molecule is COc1ccc(/C=N/c2nnc(-c3ccc(Cl)cc3Cl)s2)cc1. The smallest absolute Gasteiger partial charge is 0.231 e. The Morgan fingerprint density at radius 3 is 2.57 bits per heavy atom. The molecule has 23 heavy (non-hydrogen) atoms. The molecule has 0 N–H and O–H groups in total. The molecule has 3 aromatic rings. The standard InChI is InChI=1S/C16H11Cl2N3OS/c1-22-12-5-2-10(3-6-12)9-19-16-21-20-15(23-16)13-7-4-11(17)8-14(13)18/h2-9H,1H3/b19-9+. The molecule has 0 saturated heterocycles. The minimum absolute atomic E-state index is 0.541. The molecule has 0 aliphatic rings. The van der Waals surface area contributed by atoms with E-state index in [1.54, 1.807) is 25.5 Å². The predicted molar refractivity (Wildman–Crippen MR) is 95.6 cm³/mol. The molecule has 0 saturated carbocycles. The van der Waals surface area contributed by atoms with Crippen LogP contribution in [0.15, 0.2) is 47.5 Å². The molecular formula is C16H11Cl2N3OS. The molecule has 0 radical (unpaired) electrons. The molecule has 0 bridgehead atoms. The number of methoxy groups -OCH3 is 1. The molecule has 0 aliphatic carbocycles. The molecule has 0 fully saturated rings. The van der Waals surface area contributed by atoms with Gasteiger partial charge >= 0.3 is 0 Å². The summed E-state index contributed by atoms with van der Waals surface area (Å²) in [7, 11) is 1.63. The van der Waals surface area contributed by atoms with Crippen molar-refractivity contribution in [3.63, 3.8) is 0 Å². The Kier molecular flexibility index (Phi) is 4.91. The first kappa shape index (κ1) is 15.9. The van der Waals surface area contributed by atoms with Gasteiger partial charge in [0.1, 0.15) is 5.75 Å². The highest BCUT2D eigenvalue weighted by molar-refractivity contribution is 7.18. The van der Waals surface area contributed by atoms with Gasteiger partial charge in [0, 0.05) is 16.8 Å². The molecule has 0 aliphatic heterocycles. The number of rotatable bonds is 4. The molecular weight excluding hydrogens is 353 g/mol. The molecule has 1 aromatic heterocycles. The van der Waals surface area contributed by atoms with E-state index in [0.29, 0.717) is 20.2 Å². The van der Waals surface area contributed by atoms with Crippen molar-refractivity contribution in [3.8, 4) is 16.3 Å². The molecule has 0 amide bonds. The van der Waals surface area contributed by atoms with Crippen LogP contribution in [0.25, 0.3) is 10.6 Å². The zero-order valence-electron chi connectivity index (χ0n) is 12.0. The van der Waals surface area contributed by atoms with Gasteiger partial charge in [-0.05, 0) is 48.0 Å². The quantitative estimate of drug-likeness (QED) is 0.593. The average molecular weight is 364 g/mol. The number of ether oxygens (including phenoxy) is 1. The van der Waals surface area contributed by atoms with Crippen LogP contribution in [0, 0.1) is 0 Å². The minimum Gasteiger partial charge on any atom is -0.497 e. The topological polar surface area (TPSA) is 47.4 Å². The summed E-state index contributed by atoms with van der Waals surface area (Å²) in [6.45, 7) is 0. The van der Waals surface area contributed by atoms with Crippen molar-refractivity contribution in [3.05, 3.63) is 58.1 Å². The summed E-state index contributed by atoms with van der Waals surface area (Å²) in [5.74, 6) is 0.803. The van der Waals surface area contributed by atoms with E-state index in [-0.39, 0.29) is 0 Å². The maximum Gasteiger partial charge on any atom is 0.231 e. The Bertz CT molecular complexity index is 847. The first-order valence-electron chi connectivity index (χ1n) is 6.63. The molecule has 0 spiro atoms. The summed E-state index contributed by atoms with van der Waals surface area (Å²) in [5, 5.41) is 10.6. The van der Waals surface area contributed by atoms with Gasteiger partial charge in [0.2, 0.25) is 5.13 Å². The first-order chi connectivity index (χ1) is 11.2. The Morgan fingerprint density at radius 2 is 1.87 bits per heavy atom. The van der Waals surface area contributed by atoms with Crippen LogP contribution in [0.3, 0.4) is 0 Å². The normalized spacial score (nSPS) is 11.1. The van der Waals surface area contributed by atoms with Crippen molar-refractivity contribution >= 4 is 45.9 Å². The lowest BCUT2D eigenvalue weighted by atomic mass is 10.2. The van der Waals surface area contributed by atoms with Crippen LogP contribution in [0.5, 0.6) is 5.75 Å². The van der Waals surface area contributed by atoms with Gasteiger partial charge < -0.3 is 4.74 Å². The van der Waals surface area contributed by atoms with Crippen LogP contribution >= 0.6 is 34.5 Å². The van der Waals surface area contributed by atoms with Gasteiger partial charge in [0.15, 0.2) is 5.01 Å². The minimum atomic E-state index is 0.541. The van der Waals surface area contributed by atoms with Crippen LogP contribution < -0.4 is 4.74 Å². The maximum atomic E-state index is 6.18. The van der Waals surface area contributed by atoms with Gasteiger partial charge in [-0.25, -0.2) is 4.99 Å². The first-order valence-corrected chi connectivity index (χ1v) is 8.20. The molecule has 2 aromatic carbocycles. The lowest BCUT2D eigenvalue weighted by Crippen LogP contribution is -1.84. The van der Waals surface area contributed by atoms with E-state index in [9.17, 15) is 0 Å². The zero-order valence-corrected chi connectivity index (χ0v) is 14.4. The van der Waals surface area contributed by atoms with Crippen LogP contribution in [0.1, 0.15) is 5.56 Å². The van der Waals surface area contributed by atoms with Crippen molar-refractivity contribution in [2.24, 2.45) is 4.99 Å². The fourth-order valence-corrected chi connectivity index (χ4v) is 3.14. The number of halogens is 2. The van der Waals surface area contributed by atoms with Gasteiger partial charge in [0.05, 0.1) is 12.1 Å². The fraction of sp³-hybridized carbons (Fsp3) is 0.0625. The molecule has 7 heteroatoms. The van der Waals surface area contributed by atoms with E-state index in [1.807, 2.05) is 30.3 Å². The summed E-state index contributed by atoms with van der Waals surface area (Å²) in [4.78, 5) is 4.34. The summed E-state index contributed by atoms with van der Waals surface area (Å²) in [6, 6.07) is 12.9. The predicted octanol–water partition coefficient (Wildman–Crippen LogP) is 5.27. The lowest BCUT2D eigenvalue weighted by Gasteiger charge is -1.99. The molecule has 116 valence electrons. The largest absolute Gasteiger partial charge is 0.497 e. The number of benzene rings is 2. The summed E-state index contributed by atoms with van der Waals surface area (Å²) in [5.41, 5.74) is 1.74. The number of hydrogen-bond donors (Lipinski definition) is 0. The highest BCUT2D eigenvalue weighted by atomic mass is 35.5. The molecule has 4 nitrogen and oxygen atoms in total. The third-order valence-corrected chi connectivity index (χ3v) is 4.43. The lowest BCUT2D eigenvalue weighted by molar-refractivity contribution is 0.415. The van der Waals surface area contributed by atoms with Crippen molar-refractivity contribution < 1.29 is 4.74 Å². The highest BCUT2D eigenvalue weighted by Crippen LogP contribution is 2.34. The number of aliphatic imine (C=N–C) groups is 1. The van der Waals surface area contributed by atoms with Gasteiger partial charge in [-0.3, -0.25) is 0 Å². The van der Waals surface area contributed by atoms with E-state index < -0.39 is 0 Å². The third kappa shape index (κ3) is 3.88. The Morgan fingerprint density at radius 1 is 1.09 bits per heavy atom. The maximum absolute atomic E-state index is 6.18. The zero-order chi connectivity index (χ0) is 16.2. The second-order valence-corrected chi connectivity index (χ2v) is 6.34. The molecule has 1 heterocycles. The van der Waals surface area contributed by atoms with Crippen molar-refractivity contribution in [2.75, 3.05) is 7.11 Å². The number of aromatic nitrogens is 2. The fourth-order valence-electron chi connectivity index (χ4n) is 1.86. The molecule has 0 atom stereocenters. The average Bonchev–Trinajstić information content (AvgIpc) is 3.02. The Balaban J connectivity index is 1.79. The molecule has 3 rings (SSSR count). The van der Waals surface area contributed by atoms with Crippen LogP contribution in [0.4, 0.5) is 5.13 Å². The van der Waals surface area contributed by atoms with Crippen molar-refractivity contribution in [2.45, 2.75) is 0 Å². The summed E-state index contributed by atoms with van der Waals surface area (Å²) in [6.07, 6.45) is 1.73. The van der Waals surface area contributed by atoms with Gasteiger partial charge in [-0.15, -0.1) is 10.2 Å². The van der Waals surface area contributed by atoms with Crippen LogP contribution in [-0.2, 0) is 0 Å². The van der Waals surface area contributed by atoms with E-state index in [4.69, 9.17) is 27.9 Å². The van der Waals surface area contributed by atoms with E-state index in [0.717, 1.165) is 16.9 Å². The van der Waals surface area contributed by atoms with Crippen LogP contribution in [0.2, 0.25) is 10.0 Å². The number of hydrogen-bond acceptors (Lipinski definition) is 5. The second-order valence-electron chi connectivity index (χ2n) is 4.55. The second kappa shape index (κ2) is 7.08. The molecule has 0 unspecified atom stereocenters. The van der Waals surface area contributed by atoms with Gasteiger partial charge in [-0.1, -0.05) is 34.5 Å².